The Labute approximate surface area is 203 Å². The van der Waals surface area contributed by atoms with Gasteiger partial charge in [0.15, 0.2) is 0 Å². The number of piperazine rings is 1. The van der Waals surface area contributed by atoms with Crippen molar-refractivity contribution >= 4 is 43.2 Å². The van der Waals surface area contributed by atoms with Crippen LogP contribution in [-0.4, -0.2) is 91.3 Å². The molecular formula is C22H29N7O3S2. The summed E-state index contributed by atoms with van der Waals surface area (Å²) in [6, 6.07) is 2.12. The largest absolute Gasteiger partial charge is 0.378 e. The fraction of sp³-hybridized carbons (Fsp3) is 0.500. The van der Waals surface area contributed by atoms with Crippen LogP contribution in [0.4, 0.5) is 11.8 Å². The van der Waals surface area contributed by atoms with Gasteiger partial charge in [0, 0.05) is 74.0 Å². The molecule has 0 aromatic carbocycles. The maximum absolute atomic E-state index is 11.9. The molecule has 2 saturated heterocycles. The maximum atomic E-state index is 11.9. The molecule has 3 aromatic heterocycles. The number of anilines is 2. The molecule has 2 fully saturated rings. The third-order valence-electron chi connectivity index (χ3n) is 6.45. The number of thiophene rings is 1. The van der Waals surface area contributed by atoms with E-state index in [0.717, 1.165) is 49.8 Å². The number of hydrogen-bond acceptors (Lipinski definition) is 10. The van der Waals surface area contributed by atoms with Gasteiger partial charge >= 0.3 is 0 Å². The summed E-state index contributed by atoms with van der Waals surface area (Å²) in [4.78, 5) is 19.2. The predicted molar refractivity (Wildman–Crippen MR) is 135 cm³/mol. The van der Waals surface area contributed by atoms with Crippen molar-refractivity contribution in [2.45, 2.75) is 13.5 Å². The van der Waals surface area contributed by atoms with Crippen LogP contribution in [-0.2, 0) is 21.3 Å². The van der Waals surface area contributed by atoms with Crippen LogP contribution in [0, 0.1) is 6.92 Å². The standard InChI is InChI=1S/C22H29N7O3S2/c1-15-17-11-18(16-12-24-22(23)25-13-16)26-21(28-7-9-32-10-8-28)20(17)33-19(15)14-27-3-5-29(6-4-27)34(2,30)31/h11-13H,3-10,14H2,1-2H3,(H2,23,24,25). The molecule has 34 heavy (non-hydrogen) atoms. The molecule has 2 aliphatic rings. The Morgan fingerprint density at radius 1 is 1.09 bits per heavy atom. The lowest BCUT2D eigenvalue weighted by molar-refractivity contribution is 0.122. The second kappa shape index (κ2) is 9.34. The molecule has 3 aromatic rings. The van der Waals surface area contributed by atoms with Crippen molar-refractivity contribution in [3.05, 3.63) is 28.9 Å². The Balaban J connectivity index is 1.49. The Bertz CT molecular complexity index is 1280. The monoisotopic (exact) mass is 503 g/mol. The van der Waals surface area contributed by atoms with Crippen LogP contribution < -0.4 is 10.6 Å². The summed E-state index contributed by atoms with van der Waals surface area (Å²) in [7, 11) is -3.14. The summed E-state index contributed by atoms with van der Waals surface area (Å²) in [5.41, 5.74) is 8.57. The third kappa shape index (κ3) is 4.73. The Morgan fingerprint density at radius 3 is 2.41 bits per heavy atom. The highest BCUT2D eigenvalue weighted by molar-refractivity contribution is 7.88. The van der Waals surface area contributed by atoms with E-state index in [2.05, 4.69) is 32.8 Å². The summed E-state index contributed by atoms with van der Waals surface area (Å²) in [6.45, 7) is 8.42. The number of nitrogens with zero attached hydrogens (tertiary/aromatic N) is 6. The molecule has 182 valence electrons. The number of aromatic nitrogens is 3. The van der Waals surface area contributed by atoms with Gasteiger partial charge in [0.2, 0.25) is 16.0 Å². The summed E-state index contributed by atoms with van der Waals surface area (Å²) < 4.78 is 32.0. The number of ether oxygens (including phenoxy) is 1. The van der Waals surface area contributed by atoms with Crippen molar-refractivity contribution in [1.29, 1.82) is 0 Å². The van der Waals surface area contributed by atoms with Gasteiger partial charge in [0.05, 0.1) is 29.9 Å². The molecule has 2 aliphatic heterocycles. The number of rotatable bonds is 5. The molecule has 0 saturated carbocycles. The Hall–Kier alpha value is -2.38. The molecule has 0 atom stereocenters. The first-order chi connectivity index (χ1) is 16.3. The lowest BCUT2D eigenvalue weighted by atomic mass is 10.1. The third-order valence-corrected chi connectivity index (χ3v) is 9.04. The minimum absolute atomic E-state index is 0.239. The van der Waals surface area contributed by atoms with E-state index < -0.39 is 10.0 Å². The average molecular weight is 504 g/mol. The predicted octanol–water partition coefficient (Wildman–Crippen LogP) is 1.56. The van der Waals surface area contributed by atoms with Gasteiger partial charge in [0.25, 0.3) is 0 Å². The number of nitrogen functional groups attached to an aromatic ring is 1. The average Bonchev–Trinajstić information content (AvgIpc) is 3.14. The lowest BCUT2D eigenvalue weighted by Gasteiger charge is -2.33. The highest BCUT2D eigenvalue weighted by atomic mass is 32.2. The van der Waals surface area contributed by atoms with Gasteiger partial charge in [-0.25, -0.2) is 23.4 Å². The Kier molecular flexibility index (Phi) is 6.42. The molecule has 0 aliphatic carbocycles. The van der Waals surface area contributed by atoms with Crippen molar-refractivity contribution in [2.24, 2.45) is 0 Å². The lowest BCUT2D eigenvalue weighted by Crippen LogP contribution is -2.47. The normalized spacial score (nSPS) is 18.6. The van der Waals surface area contributed by atoms with Gasteiger partial charge in [-0.2, -0.15) is 4.31 Å². The van der Waals surface area contributed by atoms with Crippen molar-refractivity contribution in [3.8, 4) is 11.3 Å². The summed E-state index contributed by atoms with van der Waals surface area (Å²) in [6.07, 6.45) is 4.70. The molecular weight excluding hydrogens is 474 g/mol. The SMILES string of the molecule is Cc1c(CN2CCN(S(C)(=O)=O)CC2)sc2c(N3CCOCC3)nc(-c3cnc(N)nc3)cc12. The van der Waals surface area contributed by atoms with Crippen molar-refractivity contribution in [1.82, 2.24) is 24.2 Å². The maximum Gasteiger partial charge on any atom is 0.219 e. The van der Waals surface area contributed by atoms with E-state index in [4.69, 9.17) is 15.5 Å². The van der Waals surface area contributed by atoms with E-state index >= 15 is 0 Å². The van der Waals surface area contributed by atoms with Crippen LogP contribution >= 0.6 is 11.3 Å². The molecule has 0 unspecified atom stereocenters. The second-order valence-electron chi connectivity index (χ2n) is 8.73. The van der Waals surface area contributed by atoms with E-state index in [-0.39, 0.29) is 5.95 Å². The molecule has 12 heteroatoms. The minimum Gasteiger partial charge on any atom is -0.378 e. The van der Waals surface area contributed by atoms with Gasteiger partial charge in [0.1, 0.15) is 5.82 Å². The van der Waals surface area contributed by atoms with E-state index in [1.807, 2.05) is 0 Å². The zero-order valence-corrected chi connectivity index (χ0v) is 21.0. The van der Waals surface area contributed by atoms with Crippen molar-refractivity contribution < 1.29 is 13.2 Å². The van der Waals surface area contributed by atoms with E-state index in [1.165, 1.54) is 26.8 Å². The first kappa shape index (κ1) is 23.4. The van der Waals surface area contributed by atoms with Crippen LogP contribution in [0.1, 0.15) is 10.4 Å². The van der Waals surface area contributed by atoms with E-state index in [0.29, 0.717) is 26.3 Å². The van der Waals surface area contributed by atoms with Gasteiger partial charge in [-0.3, -0.25) is 4.90 Å². The van der Waals surface area contributed by atoms with Gasteiger partial charge in [-0.05, 0) is 18.6 Å². The van der Waals surface area contributed by atoms with Crippen molar-refractivity contribution in [3.63, 3.8) is 0 Å². The molecule has 0 radical (unpaired) electrons. The first-order valence-corrected chi connectivity index (χ1v) is 14.0. The van der Waals surface area contributed by atoms with E-state index in [9.17, 15) is 8.42 Å². The number of fused-ring (bicyclic) bond motifs is 1. The summed E-state index contributed by atoms with van der Waals surface area (Å²) in [5.74, 6) is 1.21. The van der Waals surface area contributed by atoms with Crippen LogP contribution in [0.25, 0.3) is 21.3 Å². The van der Waals surface area contributed by atoms with Crippen LogP contribution in [0.3, 0.4) is 0 Å². The van der Waals surface area contributed by atoms with Crippen LogP contribution in [0.2, 0.25) is 0 Å². The fourth-order valence-electron chi connectivity index (χ4n) is 4.43. The number of morpholine rings is 1. The first-order valence-electron chi connectivity index (χ1n) is 11.3. The Morgan fingerprint density at radius 2 is 1.76 bits per heavy atom. The smallest absolute Gasteiger partial charge is 0.219 e. The number of nitrogens with two attached hydrogens (primary N) is 1. The highest BCUT2D eigenvalue weighted by Gasteiger charge is 2.26. The number of hydrogen-bond donors (Lipinski definition) is 1. The topological polar surface area (TPSA) is 118 Å². The molecule has 5 rings (SSSR count). The van der Waals surface area contributed by atoms with Gasteiger partial charge in [-0.15, -0.1) is 11.3 Å². The molecule has 2 N–H and O–H groups in total. The molecule has 10 nitrogen and oxygen atoms in total. The van der Waals surface area contributed by atoms with E-state index in [1.54, 1.807) is 28.0 Å². The molecule has 0 spiro atoms. The number of sulfonamides is 1. The van der Waals surface area contributed by atoms with Crippen LogP contribution in [0.15, 0.2) is 18.5 Å². The second-order valence-corrected chi connectivity index (χ2v) is 11.8. The van der Waals surface area contributed by atoms with Crippen molar-refractivity contribution in [2.75, 3.05) is 69.4 Å². The zero-order valence-electron chi connectivity index (χ0n) is 19.4. The number of pyridine rings is 1. The summed E-state index contributed by atoms with van der Waals surface area (Å²) in [5, 5.41) is 1.18. The highest BCUT2D eigenvalue weighted by Crippen LogP contribution is 2.39. The number of aryl methyl sites for hydroxylation is 1. The minimum atomic E-state index is -3.14. The van der Waals surface area contributed by atoms with Gasteiger partial charge in [-0.1, -0.05) is 0 Å². The quantitative estimate of drug-likeness (QED) is 0.553. The molecule has 0 bridgehead atoms. The zero-order chi connectivity index (χ0) is 23.9. The van der Waals surface area contributed by atoms with Crippen LogP contribution in [0.5, 0.6) is 0 Å². The fourth-order valence-corrected chi connectivity index (χ4v) is 6.60. The molecule has 0 amide bonds. The molecule has 5 heterocycles. The van der Waals surface area contributed by atoms with Gasteiger partial charge < -0.3 is 15.4 Å². The summed E-state index contributed by atoms with van der Waals surface area (Å²) >= 11 is 1.78.